The van der Waals surface area contributed by atoms with Crippen molar-refractivity contribution in [1.82, 2.24) is 0 Å². The summed E-state index contributed by atoms with van der Waals surface area (Å²) in [7, 11) is 0. The molecule has 0 spiro atoms. The van der Waals surface area contributed by atoms with Crippen molar-refractivity contribution in [2.45, 2.75) is 0 Å². The summed E-state index contributed by atoms with van der Waals surface area (Å²) in [4.78, 5) is 0. The molecule has 2 heterocycles. The monoisotopic (exact) mass is 293 g/mol. The van der Waals surface area contributed by atoms with Crippen molar-refractivity contribution in [2.24, 2.45) is 0 Å². The Morgan fingerprint density at radius 2 is 1.31 bits per heavy atom. The van der Waals surface area contributed by atoms with Gasteiger partial charge in [0.1, 0.15) is 0 Å². The van der Waals surface area contributed by atoms with E-state index < -0.39 is 21.2 Å². The van der Waals surface area contributed by atoms with E-state index >= 15 is 0 Å². The second kappa shape index (κ2) is 3.33. The Morgan fingerprint density at radius 3 is 1.62 bits per heavy atom. The molecule has 5 heteroatoms. The van der Waals surface area contributed by atoms with E-state index in [4.69, 9.17) is 19.0 Å². The molecule has 0 saturated carbocycles. The van der Waals surface area contributed by atoms with Gasteiger partial charge >= 0.3 is 28.7 Å². The van der Waals surface area contributed by atoms with E-state index in [-0.39, 0.29) is 11.9 Å². The van der Waals surface area contributed by atoms with Gasteiger partial charge in [-0.1, -0.05) is 0 Å². The maximum Gasteiger partial charge on any atom is 0.443 e. The molecule has 0 fully saturated rings. The molecule has 68 valence electrons. The summed E-state index contributed by atoms with van der Waals surface area (Å²) >= 11 is -0.583. The van der Waals surface area contributed by atoms with Crippen molar-refractivity contribution in [3.63, 3.8) is 0 Å². The predicted octanol–water partition coefficient (Wildman–Crippen LogP) is -1.59. The van der Waals surface area contributed by atoms with Gasteiger partial charge in [-0.25, -0.2) is 0 Å². The van der Waals surface area contributed by atoms with Gasteiger partial charge in [-0.2, -0.15) is 0 Å². The van der Waals surface area contributed by atoms with Gasteiger partial charge in [0.25, 0.3) is 11.9 Å². The van der Waals surface area contributed by atoms with Gasteiger partial charge < -0.3 is 19.0 Å². The summed E-state index contributed by atoms with van der Waals surface area (Å²) in [5.41, 5.74) is 0. The van der Waals surface area contributed by atoms with Gasteiger partial charge in [0.15, 0.2) is 0 Å². The molecule has 2 rings (SSSR count). The fraction of sp³-hybridized carbons (Fsp3) is 0. The van der Waals surface area contributed by atoms with Crippen LogP contribution in [0.25, 0.3) is 0 Å². The molecule has 2 aromatic heterocycles. The number of halogens is 1. The van der Waals surface area contributed by atoms with Gasteiger partial charge in [-0.05, 0) is 0 Å². The van der Waals surface area contributed by atoms with E-state index in [1.807, 2.05) is 0 Å². The van der Waals surface area contributed by atoms with Gasteiger partial charge in [0.05, 0.1) is 0 Å². The molecule has 0 saturated heterocycles. The first-order chi connectivity index (χ1) is 6.24. The van der Waals surface area contributed by atoms with E-state index in [1.165, 1.54) is 12.1 Å². The first-order valence-electron chi connectivity index (χ1n) is 3.46. The minimum absolute atomic E-state index is 0.0921. The second-order valence-electron chi connectivity index (χ2n) is 2.25. The van der Waals surface area contributed by atoms with E-state index in [9.17, 15) is 0 Å². The normalized spacial score (nSPS) is 10.5. The van der Waals surface area contributed by atoms with Gasteiger partial charge in [0.2, 0.25) is 0 Å². The van der Waals surface area contributed by atoms with Crippen LogP contribution in [0.5, 0.6) is 11.9 Å². The lowest BCUT2D eigenvalue weighted by molar-refractivity contribution is -0.636. The van der Waals surface area contributed by atoms with Crippen LogP contribution in [-0.2, 0) is 0 Å². The molecule has 0 atom stereocenters. The average Bonchev–Trinajstić information content (AvgIpc) is 2.62. The van der Waals surface area contributed by atoms with Crippen molar-refractivity contribution in [2.75, 3.05) is 0 Å². The highest BCUT2D eigenvalue weighted by Gasteiger charge is 2.24. The largest absolute Gasteiger partial charge is 0.481 e. The molecule has 0 aliphatic rings. The Labute approximate surface area is 84.1 Å². The Morgan fingerprint density at radius 1 is 0.846 bits per heavy atom. The van der Waals surface area contributed by atoms with E-state index in [0.717, 1.165) is 0 Å². The van der Waals surface area contributed by atoms with E-state index in [1.54, 1.807) is 12.1 Å². The number of hydrogen-bond donors (Lipinski definition) is 2. The van der Waals surface area contributed by atoms with Crippen LogP contribution in [0, 0.1) is 7.53 Å². The highest BCUT2D eigenvalue weighted by molar-refractivity contribution is 5.02. The molecular weight excluding hydrogens is 287 g/mol. The van der Waals surface area contributed by atoms with Crippen LogP contribution in [-0.4, -0.2) is 10.2 Å². The fourth-order valence-electron chi connectivity index (χ4n) is 0.803. The fourth-order valence-corrected chi connectivity index (χ4v) is 2.72. The quantitative estimate of drug-likeness (QED) is 0.655. The summed E-state index contributed by atoms with van der Waals surface area (Å²) < 4.78 is 11.3. The molecule has 4 nitrogen and oxygen atoms in total. The Hall–Kier alpha value is -1.11. The zero-order valence-corrected chi connectivity index (χ0v) is 8.56. The zero-order chi connectivity index (χ0) is 9.26. The molecule has 2 aromatic rings. The SMILES string of the molecule is Oc1ccc([I+]c2ccc(O)o2)o1. The third-order valence-electron chi connectivity index (χ3n) is 1.30. The molecule has 0 radical (unpaired) electrons. The molecule has 0 unspecified atom stereocenters. The zero-order valence-electron chi connectivity index (χ0n) is 6.40. The Bertz CT molecular complexity index is 365. The standard InChI is InChI=1S/C8H5IO4/c10-7-3-1-5(12-7)9-6-2-4-8(11)13-6/h1-4H,(H-,10,11)/p+1. The lowest BCUT2D eigenvalue weighted by Crippen LogP contribution is -3.61. The number of hydrogen-bond acceptors (Lipinski definition) is 4. The minimum atomic E-state index is -0.583. The summed E-state index contributed by atoms with van der Waals surface area (Å²) in [6.07, 6.45) is 0. The molecule has 0 aliphatic carbocycles. The van der Waals surface area contributed by atoms with Gasteiger partial charge in [-0.3, -0.25) is 0 Å². The Kier molecular flexibility index (Phi) is 2.17. The second-order valence-corrected chi connectivity index (χ2v) is 4.92. The van der Waals surface area contributed by atoms with Crippen LogP contribution < -0.4 is 21.2 Å². The average molecular weight is 293 g/mol. The number of furan rings is 2. The highest BCUT2D eigenvalue weighted by Crippen LogP contribution is 2.07. The van der Waals surface area contributed by atoms with Crippen molar-refractivity contribution in [3.8, 4) is 11.9 Å². The Balaban J connectivity index is 2.14. The molecule has 0 aromatic carbocycles. The predicted molar refractivity (Wildman–Crippen MR) is 38.1 cm³/mol. The minimum Gasteiger partial charge on any atom is -0.481 e. The molecule has 0 bridgehead atoms. The van der Waals surface area contributed by atoms with E-state index in [2.05, 4.69) is 0 Å². The summed E-state index contributed by atoms with van der Waals surface area (Å²) in [5, 5.41) is 17.8. The smallest absolute Gasteiger partial charge is 0.443 e. The molecule has 0 aliphatic heterocycles. The van der Waals surface area contributed by atoms with Crippen molar-refractivity contribution in [1.29, 1.82) is 0 Å². The third-order valence-corrected chi connectivity index (χ3v) is 3.53. The van der Waals surface area contributed by atoms with Crippen LogP contribution in [0.3, 0.4) is 0 Å². The molecule has 0 amide bonds. The van der Waals surface area contributed by atoms with Gasteiger partial charge in [0, 0.05) is 24.3 Å². The maximum atomic E-state index is 8.91. The van der Waals surface area contributed by atoms with E-state index in [0.29, 0.717) is 7.53 Å². The summed E-state index contributed by atoms with van der Waals surface area (Å²) in [6, 6.07) is 6.36. The van der Waals surface area contributed by atoms with Crippen molar-refractivity contribution < 1.29 is 40.3 Å². The molecular formula is C8H6IO4+. The number of aromatic hydroxyl groups is 2. The third kappa shape index (κ3) is 1.97. The lowest BCUT2D eigenvalue weighted by atomic mass is 10.7. The summed E-state index contributed by atoms with van der Waals surface area (Å²) in [5.74, 6) is -0.184. The first-order valence-corrected chi connectivity index (χ1v) is 5.62. The van der Waals surface area contributed by atoms with Crippen LogP contribution >= 0.6 is 0 Å². The topological polar surface area (TPSA) is 66.7 Å². The first kappa shape index (κ1) is 8.49. The summed E-state index contributed by atoms with van der Waals surface area (Å²) in [6.45, 7) is 0. The van der Waals surface area contributed by atoms with Crippen molar-refractivity contribution in [3.05, 3.63) is 31.8 Å². The molecule has 2 N–H and O–H groups in total. The van der Waals surface area contributed by atoms with Crippen LogP contribution in [0.1, 0.15) is 0 Å². The lowest BCUT2D eigenvalue weighted by Gasteiger charge is -1.75. The van der Waals surface area contributed by atoms with Crippen LogP contribution in [0.15, 0.2) is 33.1 Å². The van der Waals surface area contributed by atoms with Crippen LogP contribution in [0.4, 0.5) is 0 Å². The van der Waals surface area contributed by atoms with Crippen molar-refractivity contribution >= 4 is 0 Å². The van der Waals surface area contributed by atoms with Crippen LogP contribution in [0.2, 0.25) is 0 Å². The molecule has 13 heavy (non-hydrogen) atoms. The maximum absolute atomic E-state index is 8.91. The van der Waals surface area contributed by atoms with Gasteiger partial charge in [-0.15, -0.1) is 0 Å². The highest BCUT2D eigenvalue weighted by atomic mass is 127. The number of rotatable bonds is 2.